The van der Waals surface area contributed by atoms with Gasteiger partial charge in [0.15, 0.2) is 0 Å². The van der Waals surface area contributed by atoms with E-state index in [2.05, 4.69) is 5.32 Å². The summed E-state index contributed by atoms with van der Waals surface area (Å²) in [5, 5.41) is 3.61. The van der Waals surface area contributed by atoms with Crippen LogP contribution >= 0.6 is 11.6 Å². The Morgan fingerprint density at radius 1 is 1.11 bits per heavy atom. The molecule has 0 atom stereocenters. The van der Waals surface area contributed by atoms with Crippen LogP contribution in [0.1, 0.15) is 27.0 Å². The van der Waals surface area contributed by atoms with Gasteiger partial charge < -0.3 is 5.32 Å². The predicted molar refractivity (Wildman–Crippen MR) is 78.5 cm³/mol. The zero-order chi connectivity index (χ0) is 13.8. The maximum Gasteiger partial charge on any atom is 0.251 e. The number of hydrogen-bond acceptors (Lipinski definition) is 1. The molecule has 19 heavy (non-hydrogen) atoms. The van der Waals surface area contributed by atoms with E-state index in [1.54, 1.807) is 0 Å². The van der Waals surface area contributed by atoms with Crippen molar-refractivity contribution in [3.05, 3.63) is 69.7 Å². The number of halogens is 1. The van der Waals surface area contributed by atoms with Crippen LogP contribution in [0, 0.1) is 13.8 Å². The number of rotatable bonds is 3. The molecule has 0 aliphatic heterocycles. The van der Waals surface area contributed by atoms with Crippen molar-refractivity contribution >= 4 is 17.5 Å². The van der Waals surface area contributed by atoms with Crippen molar-refractivity contribution in [3.8, 4) is 0 Å². The van der Waals surface area contributed by atoms with Crippen LogP contribution in [0.5, 0.6) is 0 Å². The summed E-state index contributed by atoms with van der Waals surface area (Å²) < 4.78 is 0. The van der Waals surface area contributed by atoms with E-state index in [-0.39, 0.29) is 5.91 Å². The largest absolute Gasteiger partial charge is 0.348 e. The molecule has 2 rings (SSSR count). The average molecular weight is 274 g/mol. The normalized spacial score (nSPS) is 10.3. The standard InChI is InChI=1S/C16H16ClNO/c1-11-3-8-15(12(2)9-11)16(19)18-10-13-4-6-14(17)7-5-13/h3-9H,10H2,1-2H3,(H,18,19). The van der Waals surface area contributed by atoms with E-state index in [0.717, 1.165) is 22.3 Å². The number of aryl methyl sites for hydroxylation is 2. The highest BCUT2D eigenvalue weighted by molar-refractivity contribution is 6.30. The van der Waals surface area contributed by atoms with Gasteiger partial charge >= 0.3 is 0 Å². The molecule has 2 aromatic carbocycles. The monoisotopic (exact) mass is 273 g/mol. The van der Waals surface area contributed by atoms with Crippen molar-refractivity contribution < 1.29 is 4.79 Å². The van der Waals surface area contributed by atoms with Gasteiger partial charge in [0, 0.05) is 17.1 Å². The van der Waals surface area contributed by atoms with Crippen LogP contribution < -0.4 is 5.32 Å². The van der Waals surface area contributed by atoms with E-state index in [9.17, 15) is 4.79 Å². The van der Waals surface area contributed by atoms with Gasteiger partial charge in [-0.2, -0.15) is 0 Å². The van der Waals surface area contributed by atoms with Crippen LogP contribution in [0.4, 0.5) is 0 Å². The molecule has 0 spiro atoms. The third kappa shape index (κ3) is 3.58. The average Bonchev–Trinajstić information content (AvgIpc) is 2.37. The molecule has 2 nitrogen and oxygen atoms in total. The van der Waals surface area contributed by atoms with Gasteiger partial charge in [0.25, 0.3) is 5.91 Å². The zero-order valence-corrected chi connectivity index (χ0v) is 11.8. The van der Waals surface area contributed by atoms with Crippen LogP contribution in [0.2, 0.25) is 5.02 Å². The number of amides is 1. The van der Waals surface area contributed by atoms with Gasteiger partial charge in [0.1, 0.15) is 0 Å². The highest BCUT2D eigenvalue weighted by Gasteiger charge is 2.08. The van der Waals surface area contributed by atoms with Gasteiger partial charge in [-0.1, -0.05) is 41.4 Å². The fourth-order valence-electron chi connectivity index (χ4n) is 1.95. The number of carbonyl (C=O) groups is 1. The maximum absolute atomic E-state index is 12.1. The molecule has 3 heteroatoms. The molecule has 0 aromatic heterocycles. The molecule has 0 aliphatic carbocycles. The number of benzene rings is 2. The number of hydrogen-bond donors (Lipinski definition) is 1. The minimum Gasteiger partial charge on any atom is -0.348 e. The smallest absolute Gasteiger partial charge is 0.251 e. The topological polar surface area (TPSA) is 29.1 Å². The van der Waals surface area contributed by atoms with Crippen LogP contribution in [0.25, 0.3) is 0 Å². The summed E-state index contributed by atoms with van der Waals surface area (Å²) in [7, 11) is 0. The van der Waals surface area contributed by atoms with Crippen molar-refractivity contribution in [2.24, 2.45) is 0 Å². The van der Waals surface area contributed by atoms with Gasteiger partial charge in [-0.05, 0) is 43.2 Å². The molecular weight excluding hydrogens is 258 g/mol. The summed E-state index contributed by atoms with van der Waals surface area (Å²) in [5.41, 5.74) is 3.91. The molecular formula is C16H16ClNO. The van der Waals surface area contributed by atoms with E-state index >= 15 is 0 Å². The second-order valence-electron chi connectivity index (χ2n) is 4.63. The third-order valence-corrected chi connectivity index (χ3v) is 3.24. The first-order valence-electron chi connectivity index (χ1n) is 6.16. The Morgan fingerprint density at radius 3 is 2.42 bits per heavy atom. The minimum atomic E-state index is -0.0487. The molecule has 0 radical (unpaired) electrons. The first-order chi connectivity index (χ1) is 9.06. The van der Waals surface area contributed by atoms with Crippen molar-refractivity contribution in [2.75, 3.05) is 0 Å². The SMILES string of the molecule is Cc1ccc(C(=O)NCc2ccc(Cl)cc2)c(C)c1. The summed E-state index contributed by atoms with van der Waals surface area (Å²) in [5.74, 6) is -0.0487. The van der Waals surface area contributed by atoms with E-state index in [1.807, 2.05) is 56.3 Å². The molecule has 2 aromatic rings. The number of nitrogens with one attached hydrogen (secondary N) is 1. The van der Waals surface area contributed by atoms with Crippen molar-refractivity contribution in [3.63, 3.8) is 0 Å². The summed E-state index contributed by atoms with van der Waals surface area (Å²) in [6.45, 7) is 4.47. The lowest BCUT2D eigenvalue weighted by Gasteiger charge is -2.08. The second-order valence-corrected chi connectivity index (χ2v) is 5.06. The third-order valence-electron chi connectivity index (χ3n) is 2.99. The molecule has 98 valence electrons. The summed E-state index contributed by atoms with van der Waals surface area (Å²) in [6, 6.07) is 13.3. The molecule has 0 saturated carbocycles. The Labute approximate surface area is 118 Å². The summed E-state index contributed by atoms with van der Waals surface area (Å²) >= 11 is 5.82. The molecule has 0 unspecified atom stereocenters. The number of carbonyl (C=O) groups excluding carboxylic acids is 1. The van der Waals surface area contributed by atoms with Crippen LogP contribution in [-0.4, -0.2) is 5.91 Å². The van der Waals surface area contributed by atoms with E-state index in [1.165, 1.54) is 0 Å². The van der Waals surface area contributed by atoms with Crippen molar-refractivity contribution in [2.45, 2.75) is 20.4 Å². The first kappa shape index (κ1) is 13.6. The molecule has 1 amide bonds. The Hall–Kier alpha value is -1.80. The van der Waals surface area contributed by atoms with E-state index in [0.29, 0.717) is 11.6 Å². The van der Waals surface area contributed by atoms with Gasteiger partial charge in [-0.15, -0.1) is 0 Å². The van der Waals surface area contributed by atoms with Gasteiger partial charge in [0.2, 0.25) is 0 Å². The lowest BCUT2D eigenvalue weighted by Crippen LogP contribution is -2.23. The Balaban J connectivity index is 2.03. The van der Waals surface area contributed by atoms with Crippen LogP contribution in [-0.2, 0) is 6.54 Å². The summed E-state index contributed by atoms with van der Waals surface area (Å²) in [4.78, 5) is 12.1. The van der Waals surface area contributed by atoms with Crippen LogP contribution in [0.15, 0.2) is 42.5 Å². The molecule has 1 N–H and O–H groups in total. The Morgan fingerprint density at radius 2 is 1.79 bits per heavy atom. The molecule has 0 bridgehead atoms. The van der Waals surface area contributed by atoms with Crippen LogP contribution in [0.3, 0.4) is 0 Å². The molecule has 0 saturated heterocycles. The minimum absolute atomic E-state index is 0.0487. The fourth-order valence-corrected chi connectivity index (χ4v) is 2.07. The molecule has 0 aliphatic rings. The Kier molecular flexibility index (Phi) is 4.23. The molecule has 0 heterocycles. The quantitative estimate of drug-likeness (QED) is 0.903. The van der Waals surface area contributed by atoms with Gasteiger partial charge in [-0.3, -0.25) is 4.79 Å². The fraction of sp³-hybridized carbons (Fsp3) is 0.188. The highest BCUT2D eigenvalue weighted by atomic mass is 35.5. The second kappa shape index (κ2) is 5.89. The lowest BCUT2D eigenvalue weighted by atomic mass is 10.1. The summed E-state index contributed by atoms with van der Waals surface area (Å²) in [6.07, 6.45) is 0. The van der Waals surface area contributed by atoms with Crippen molar-refractivity contribution in [1.82, 2.24) is 5.32 Å². The van der Waals surface area contributed by atoms with E-state index in [4.69, 9.17) is 11.6 Å². The zero-order valence-electron chi connectivity index (χ0n) is 11.0. The molecule has 0 fully saturated rings. The highest BCUT2D eigenvalue weighted by Crippen LogP contribution is 2.12. The van der Waals surface area contributed by atoms with E-state index < -0.39 is 0 Å². The predicted octanol–water partition coefficient (Wildman–Crippen LogP) is 3.89. The van der Waals surface area contributed by atoms with Gasteiger partial charge in [0.05, 0.1) is 0 Å². The lowest BCUT2D eigenvalue weighted by molar-refractivity contribution is 0.0950. The first-order valence-corrected chi connectivity index (χ1v) is 6.54. The Bertz CT molecular complexity index is 590. The maximum atomic E-state index is 12.1. The van der Waals surface area contributed by atoms with Gasteiger partial charge in [-0.25, -0.2) is 0 Å². The van der Waals surface area contributed by atoms with Crippen molar-refractivity contribution in [1.29, 1.82) is 0 Å².